The zero-order valence-corrected chi connectivity index (χ0v) is 9.58. The van der Waals surface area contributed by atoms with E-state index < -0.39 is 11.9 Å². The average Bonchev–Trinajstić information content (AvgIpc) is 2.21. The molecule has 0 saturated heterocycles. The number of hydrazine groups is 1. The molecule has 8 heteroatoms. The summed E-state index contributed by atoms with van der Waals surface area (Å²) in [5, 5.41) is 2.82. The van der Waals surface area contributed by atoms with Gasteiger partial charge in [-0.15, -0.1) is 0 Å². The zero-order chi connectivity index (χ0) is 11.4. The number of carbonyl (C=O) groups excluding carboxylic acids is 1. The maximum absolute atomic E-state index is 10.8. The minimum atomic E-state index is -0.526. The number of hydrogen-bond donors (Lipinski definition) is 4. The first kappa shape index (κ1) is 11.7. The van der Waals surface area contributed by atoms with Crippen LogP contribution < -0.4 is 22.3 Å². The third-order valence-electron chi connectivity index (χ3n) is 1.65. The normalized spacial score (nSPS) is 11.9. The third kappa shape index (κ3) is 3.03. The number of nitrogen functional groups attached to an aromatic ring is 1. The fraction of sp³-hybridized carbons (Fsp3) is 0.286. The van der Waals surface area contributed by atoms with Crippen molar-refractivity contribution in [3.63, 3.8) is 0 Å². The maximum Gasteiger partial charge on any atom is 0.239 e. The molecule has 15 heavy (non-hydrogen) atoms. The van der Waals surface area contributed by atoms with E-state index in [1.54, 1.807) is 6.92 Å². The van der Waals surface area contributed by atoms with Crippen LogP contribution in [0.2, 0.25) is 0 Å². The molecular weight excluding hydrogens is 264 g/mol. The molecule has 82 valence electrons. The molecule has 0 aliphatic rings. The Morgan fingerprint density at radius 2 is 2.33 bits per heavy atom. The van der Waals surface area contributed by atoms with E-state index in [0.29, 0.717) is 10.3 Å². The van der Waals surface area contributed by atoms with Crippen molar-refractivity contribution in [3.05, 3.63) is 10.7 Å². The molecule has 0 bridgehead atoms. The average molecular weight is 275 g/mol. The highest BCUT2D eigenvalue weighted by Gasteiger charge is 2.11. The monoisotopic (exact) mass is 274 g/mol. The van der Waals surface area contributed by atoms with Crippen LogP contribution in [0.25, 0.3) is 0 Å². The van der Waals surface area contributed by atoms with E-state index in [2.05, 4.69) is 36.6 Å². The smallest absolute Gasteiger partial charge is 0.239 e. The van der Waals surface area contributed by atoms with E-state index in [4.69, 9.17) is 11.6 Å². The molecule has 0 radical (unpaired) electrons. The summed E-state index contributed by atoms with van der Waals surface area (Å²) < 4.78 is 0.620. The minimum absolute atomic E-state index is 0.248. The lowest BCUT2D eigenvalue weighted by atomic mass is 10.3. The van der Waals surface area contributed by atoms with Gasteiger partial charge in [-0.25, -0.2) is 10.8 Å². The number of aromatic nitrogens is 2. The molecule has 0 aliphatic heterocycles. The quantitative estimate of drug-likeness (QED) is 0.446. The molecule has 1 rings (SSSR count). The van der Waals surface area contributed by atoms with E-state index in [1.165, 1.54) is 6.20 Å². The molecular formula is C7H11BrN6O. The summed E-state index contributed by atoms with van der Waals surface area (Å²) in [7, 11) is 0. The first-order valence-corrected chi connectivity index (χ1v) is 4.89. The van der Waals surface area contributed by atoms with Crippen LogP contribution in [0.5, 0.6) is 0 Å². The lowest BCUT2D eigenvalue weighted by Gasteiger charge is -2.12. The number of nitrogens with one attached hydrogen (secondary N) is 2. The number of carbonyl (C=O) groups is 1. The molecule has 1 unspecified atom stereocenters. The van der Waals surface area contributed by atoms with E-state index in [-0.39, 0.29) is 5.95 Å². The van der Waals surface area contributed by atoms with Gasteiger partial charge in [-0.3, -0.25) is 10.2 Å². The molecule has 1 atom stereocenters. The van der Waals surface area contributed by atoms with E-state index in [1.807, 2.05) is 0 Å². The first-order chi connectivity index (χ1) is 7.04. The van der Waals surface area contributed by atoms with Crippen molar-refractivity contribution >= 4 is 33.6 Å². The van der Waals surface area contributed by atoms with Crippen molar-refractivity contribution in [2.24, 2.45) is 11.6 Å². The van der Waals surface area contributed by atoms with Crippen LogP contribution in [0.1, 0.15) is 6.92 Å². The summed E-state index contributed by atoms with van der Waals surface area (Å²) in [5.41, 5.74) is 7.40. The second-order valence-corrected chi connectivity index (χ2v) is 3.66. The Morgan fingerprint density at radius 3 is 2.87 bits per heavy atom. The largest absolute Gasteiger partial charge is 0.368 e. The van der Waals surface area contributed by atoms with Crippen LogP contribution in [-0.4, -0.2) is 21.9 Å². The number of primary amides is 1. The number of rotatable bonds is 4. The number of anilines is 2. The highest BCUT2D eigenvalue weighted by molar-refractivity contribution is 9.10. The molecule has 0 fully saturated rings. The molecule has 0 aliphatic carbocycles. The Balaban J connectivity index is 2.88. The highest BCUT2D eigenvalue weighted by Crippen LogP contribution is 2.20. The van der Waals surface area contributed by atoms with Crippen molar-refractivity contribution in [3.8, 4) is 0 Å². The van der Waals surface area contributed by atoms with Crippen LogP contribution in [0.3, 0.4) is 0 Å². The standard InChI is InChI=1S/C7H11BrN6O/c1-3(5(9)15)12-6-4(8)2-11-7(13-6)14-10/h2-3H,10H2,1H3,(H2,9,15)(H2,11,12,13,14). The molecule has 1 aromatic heterocycles. The van der Waals surface area contributed by atoms with Crippen LogP contribution in [0.15, 0.2) is 10.7 Å². The molecule has 0 aromatic carbocycles. The van der Waals surface area contributed by atoms with Gasteiger partial charge >= 0.3 is 0 Å². The van der Waals surface area contributed by atoms with Gasteiger partial charge in [-0.1, -0.05) is 0 Å². The summed E-state index contributed by atoms with van der Waals surface area (Å²) in [5.74, 6) is 5.38. The van der Waals surface area contributed by atoms with Gasteiger partial charge in [-0.05, 0) is 22.9 Å². The fourth-order valence-electron chi connectivity index (χ4n) is 0.814. The number of amides is 1. The van der Waals surface area contributed by atoms with Crippen molar-refractivity contribution in [2.75, 3.05) is 10.7 Å². The predicted molar refractivity (Wildman–Crippen MR) is 59.8 cm³/mol. The lowest BCUT2D eigenvalue weighted by Crippen LogP contribution is -2.33. The molecule has 1 aromatic rings. The van der Waals surface area contributed by atoms with Crippen LogP contribution >= 0.6 is 15.9 Å². The zero-order valence-electron chi connectivity index (χ0n) is 7.99. The second-order valence-electron chi connectivity index (χ2n) is 2.80. The van der Waals surface area contributed by atoms with Gasteiger partial charge in [0.2, 0.25) is 11.9 Å². The van der Waals surface area contributed by atoms with Crippen LogP contribution in [0.4, 0.5) is 11.8 Å². The van der Waals surface area contributed by atoms with Crippen LogP contribution in [0, 0.1) is 0 Å². The Labute approximate surface area is 94.7 Å². The Morgan fingerprint density at radius 1 is 1.67 bits per heavy atom. The topological polar surface area (TPSA) is 119 Å². The third-order valence-corrected chi connectivity index (χ3v) is 2.23. The van der Waals surface area contributed by atoms with Crippen molar-refractivity contribution in [1.29, 1.82) is 0 Å². The molecule has 0 saturated carbocycles. The second kappa shape index (κ2) is 4.89. The van der Waals surface area contributed by atoms with Crippen LogP contribution in [-0.2, 0) is 4.79 Å². The molecule has 1 heterocycles. The van der Waals surface area contributed by atoms with E-state index in [0.717, 1.165) is 0 Å². The number of nitrogens with two attached hydrogens (primary N) is 2. The number of hydrogen-bond acceptors (Lipinski definition) is 6. The summed E-state index contributed by atoms with van der Waals surface area (Å²) in [6, 6.07) is -0.526. The predicted octanol–water partition coefficient (Wildman–Crippen LogP) is -0.190. The Bertz CT molecular complexity index is 370. The number of nitrogens with zero attached hydrogens (tertiary/aromatic N) is 2. The summed E-state index contributed by atoms with van der Waals surface area (Å²) in [6.07, 6.45) is 1.51. The molecule has 7 nitrogen and oxygen atoms in total. The molecule has 6 N–H and O–H groups in total. The van der Waals surface area contributed by atoms with Gasteiger partial charge in [0.05, 0.1) is 4.47 Å². The molecule has 0 spiro atoms. The van der Waals surface area contributed by atoms with Gasteiger partial charge in [0.15, 0.2) is 0 Å². The van der Waals surface area contributed by atoms with E-state index in [9.17, 15) is 4.79 Å². The highest BCUT2D eigenvalue weighted by atomic mass is 79.9. The van der Waals surface area contributed by atoms with Gasteiger partial charge in [0.1, 0.15) is 11.9 Å². The minimum Gasteiger partial charge on any atom is -0.368 e. The van der Waals surface area contributed by atoms with Crippen molar-refractivity contribution in [1.82, 2.24) is 9.97 Å². The van der Waals surface area contributed by atoms with Gasteiger partial charge in [0, 0.05) is 6.20 Å². The van der Waals surface area contributed by atoms with Gasteiger partial charge in [-0.2, -0.15) is 4.98 Å². The summed E-state index contributed by atoms with van der Waals surface area (Å²) in [6.45, 7) is 1.63. The van der Waals surface area contributed by atoms with Gasteiger partial charge in [0.25, 0.3) is 0 Å². The molecule has 1 amide bonds. The first-order valence-electron chi connectivity index (χ1n) is 4.09. The van der Waals surface area contributed by atoms with Gasteiger partial charge < -0.3 is 11.1 Å². The lowest BCUT2D eigenvalue weighted by molar-refractivity contribution is -0.118. The summed E-state index contributed by atoms with van der Waals surface area (Å²) >= 11 is 3.23. The van der Waals surface area contributed by atoms with Crippen molar-refractivity contribution < 1.29 is 4.79 Å². The van der Waals surface area contributed by atoms with Crippen molar-refractivity contribution in [2.45, 2.75) is 13.0 Å². The Kier molecular flexibility index (Phi) is 3.81. The van der Waals surface area contributed by atoms with E-state index >= 15 is 0 Å². The summed E-state index contributed by atoms with van der Waals surface area (Å²) in [4.78, 5) is 18.7. The SMILES string of the molecule is CC(Nc1nc(NN)ncc1Br)C(N)=O. The Hall–Kier alpha value is -1.41. The maximum atomic E-state index is 10.8. The number of halogens is 1. The fourth-order valence-corrected chi connectivity index (χ4v) is 1.12.